The molecule has 3 aliphatic rings. The van der Waals surface area contributed by atoms with Crippen molar-refractivity contribution < 1.29 is 19.4 Å². The number of amides is 1. The van der Waals surface area contributed by atoms with Crippen molar-refractivity contribution in [1.82, 2.24) is 10.2 Å². The molecule has 0 radical (unpaired) electrons. The number of nitrogens with one attached hydrogen (secondary N) is 1. The van der Waals surface area contributed by atoms with Crippen molar-refractivity contribution in [2.24, 2.45) is 5.92 Å². The molecule has 4 unspecified atom stereocenters. The molecule has 0 saturated carbocycles. The molecule has 19 heavy (non-hydrogen) atoms. The molecule has 6 heteroatoms. The molecule has 0 aromatic heterocycles. The molecule has 0 aliphatic carbocycles. The van der Waals surface area contributed by atoms with Crippen LogP contribution in [0.3, 0.4) is 0 Å². The molecule has 0 aromatic carbocycles. The number of carbonyl (C=O) groups excluding carboxylic acids is 1. The number of aliphatic carboxylic acids is 1. The Hall–Kier alpha value is -1.14. The third kappa shape index (κ3) is 2.60. The zero-order valence-electron chi connectivity index (χ0n) is 10.9. The molecule has 3 aliphatic heterocycles. The highest BCUT2D eigenvalue weighted by Crippen LogP contribution is 2.34. The van der Waals surface area contributed by atoms with Crippen LogP contribution in [0.25, 0.3) is 0 Å². The van der Waals surface area contributed by atoms with E-state index in [9.17, 15) is 9.59 Å². The van der Waals surface area contributed by atoms with Crippen LogP contribution < -0.4 is 5.32 Å². The Kier molecular flexibility index (Phi) is 3.45. The summed E-state index contributed by atoms with van der Waals surface area (Å²) in [7, 11) is 0. The monoisotopic (exact) mass is 268 g/mol. The molecule has 0 aromatic rings. The predicted molar refractivity (Wildman–Crippen MR) is 66.6 cm³/mol. The second-order valence-corrected chi connectivity index (χ2v) is 5.76. The minimum atomic E-state index is -0.874. The molecule has 106 valence electrons. The summed E-state index contributed by atoms with van der Waals surface area (Å²) in [4.78, 5) is 25.0. The highest BCUT2D eigenvalue weighted by Gasteiger charge is 2.44. The van der Waals surface area contributed by atoms with E-state index in [0.29, 0.717) is 31.8 Å². The van der Waals surface area contributed by atoms with Crippen LogP contribution in [-0.2, 0) is 14.3 Å². The van der Waals surface area contributed by atoms with Crippen LogP contribution >= 0.6 is 0 Å². The number of hydrogen-bond donors (Lipinski definition) is 2. The number of morpholine rings is 1. The van der Waals surface area contributed by atoms with E-state index in [2.05, 4.69) is 5.32 Å². The maximum atomic E-state index is 12.5. The quantitative estimate of drug-likeness (QED) is 0.743. The van der Waals surface area contributed by atoms with E-state index in [1.54, 1.807) is 4.90 Å². The fraction of sp³-hybridized carbons (Fsp3) is 0.846. The second kappa shape index (κ2) is 5.09. The Morgan fingerprint density at radius 1 is 1.37 bits per heavy atom. The Bertz CT molecular complexity index is 387. The molecule has 3 saturated heterocycles. The van der Waals surface area contributed by atoms with Gasteiger partial charge in [-0.3, -0.25) is 9.59 Å². The van der Waals surface area contributed by atoms with Crippen molar-refractivity contribution in [3.05, 3.63) is 0 Å². The highest BCUT2D eigenvalue weighted by molar-refractivity contribution is 5.80. The van der Waals surface area contributed by atoms with Crippen LogP contribution in [-0.4, -0.2) is 59.8 Å². The van der Waals surface area contributed by atoms with Gasteiger partial charge in [0.05, 0.1) is 25.0 Å². The molecule has 2 bridgehead atoms. The summed E-state index contributed by atoms with van der Waals surface area (Å²) in [5, 5.41) is 12.3. The van der Waals surface area contributed by atoms with Crippen molar-refractivity contribution in [3.63, 3.8) is 0 Å². The number of hydrogen-bond acceptors (Lipinski definition) is 4. The summed E-state index contributed by atoms with van der Waals surface area (Å²) < 4.78 is 5.40. The van der Waals surface area contributed by atoms with Crippen molar-refractivity contribution >= 4 is 11.9 Å². The van der Waals surface area contributed by atoms with Gasteiger partial charge in [0, 0.05) is 25.2 Å². The molecule has 6 nitrogen and oxygen atoms in total. The van der Waals surface area contributed by atoms with Gasteiger partial charge in [0.2, 0.25) is 5.91 Å². The average molecular weight is 268 g/mol. The van der Waals surface area contributed by atoms with Gasteiger partial charge >= 0.3 is 5.97 Å². The Morgan fingerprint density at radius 2 is 2.21 bits per heavy atom. The van der Waals surface area contributed by atoms with Gasteiger partial charge in [0.15, 0.2) is 0 Å². The number of ether oxygens (including phenoxy) is 1. The molecule has 3 fully saturated rings. The van der Waals surface area contributed by atoms with Gasteiger partial charge in [0.25, 0.3) is 0 Å². The van der Waals surface area contributed by atoms with Gasteiger partial charge in [-0.25, -0.2) is 0 Å². The number of fused-ring (bicyclic) bond motifs is 2. The number of carboxylic acid groups (broad SMARTS) is 1. The number of carbonyl (C=O) groups is 2. The van der Waals surface area contributed by atoms with E-state index < -0.39 is 5.97 Å². The third-order valence-corrected chi connectivity index (χ3v) is 4.47. The summed E-state index contributed by atoms with van der Waals surface area (Å²) in [6.45, 7) is 1.44. The lowest BCUT2D eigenvalue weighted by Crippen LogP contribution is -2.50. The zero-order valence-corrected chi connectivity index (χ0v) is 10.9. The fourth-order valence-corrected chi connectivity index (χ4v) is 3.57. The van der Waals surface area contributed by atoms with Gasteiger partial charge in [-0.2, -0.15) is 0 Å². The second-order valence-electron chi connectivity index (χ2n) is 5.76. The van der Waals surface area contributed by atoms with E-state index in [1.807, 2.05) is 0 Å². The van der Waals surface area contributed by atoms with E-state index in [1.165, 1.54) is 6.42 Å². The molecule has 4 atom stereocenters. The first-order valence-electron chi connectivity index (χ1n) is 7.01. The van der Waals surface area contributed by atoms with Crippen molar-refractivity contribution in [2.75, 3.05) is 19.7 Å². The van der Waals surface area contributed by atoms with E-state index >= 15 is 0 Å². The third-order valence-electron chi connectivity index (χ3n) is 4.47. The van der Waals surface area contributed by atoms with E-state index in [-0.39, 0.29) is 24.3 Å². The fourth-order valence-electron chi connectivity index (χ4n) is 3.57. The summed E-state index contributed by atoms with van der Waals surface area (Å²) in [6, 6.07) is 0.841. The van der Waals surface area contributed by atoms with Crippen LogP contribution in [0.15, 0.2) is 0 Å². The Balaban J connectivity index is 1.59. The van der Waals surface area contributed by atoms with Gasteiger partial charge < -0.3 is 20.1 Å². The van der Waals surface area contributed by atoms with Crippen LogP contribution in [0, 0.1) is 5.92 Å². The molecule has 0 spiro atoms. The Morgan fingerprint density at radius 3 is 2.84 bits per heavy atom. The Labute approximate surface area is 112 Å². The topological polar surface area (TPSA) is 78.9 Å². The van der Waals surface area contributed by atoms with Gasteiger partial charge in [0.1, 0.15) is 0 Å². The first-order valence-corrected chi connectivity index (χ1v) is 7.01. The SMILES string of the molecule is O=C(O)CC1CN(C(=O)C2CC3CCC2N3)CCO1. The van der Waals surface area contributed by atoms with E-state index in [0.717, 1.165) is 12.8 Å². The summed E-state index contributed by atoms with van der Waals surface area (Å²) in [5.41, 5.74) is 0. The van der Waals surface area contributed by atoms with Crippen LogP contribution in [0.2, 0.25) is 0 Å². The summed E-state index contributed by atoms with van der Waals surface area (Å²) in [5.74, 6) is -0.610. The largest absolute Gasteiger partial charge is 0.481 e. The van der Waals surface area contributed by atoms with Crippen molar-refractivity contribution in [3.8, 4) is 0 Å². The van der Waals surface area contributed by atoms with Crippen LogP contribution in [0.1, 0.15) is 25.7 Å². The van der Waals surface area contributed by atoms with Gasteiger partial charge in [-0.15, -0.1) is 0 Å². The molecule has 3 rings (SSSR count). The van der Waals surface area contributed by atoms with Gasteiger partial charge in [-0.1, -0.05) is 0 Å². The summed E-state index contributed by atoms with van der Waals surface area (Å²) in [6.07, 6.45) is 2.81. The minimum absolute atomic E-state index is 0.0290. The van der Waals surface area contributed by atoms with Crippen molar-refractivity contribution in [2.45, 2.75) is 43.9 Å². The molecule has 1 amide bonds. The molecule has 3 heterocycles. The number of nitrogens with zero attached hydrogens (tertiary/aromatic N) is 1. The normalized spacial score (nSPS) is 37.6. The lowest BCUT2D eigenvalue weighted by molar-refractivity contribution is -0.150. The number of carboxylic acids is 1. The maximum Gasteiger partial charge on any atom is 0.306 e. The number of rotatable bonds is 3. The van der Waals surface area contributed by atoms with Crippen molar-refractivity contribution in [1.29, 1.82) is 0 Å². The minimum Gasteiger partial charge on any atom is -0.481 e. The first-order chi connectivity index (χ1) is 9.13. The molecular formula is C13H20N2O4. The zero-order chi connectivity index (χ0) is 13.4. The van der Waals surface area contributed by atoms with E-state index in [4.69, 9.17) is 9.84 Å². The summed E-state index contributed by atoms with van der Waals surface area (Å²) >= 11 is 0. The smallest absolute Gasteiger partial charge is 0.306 e. The highest BCUT2D eigenvalue weighted by atomic mass is 16.5. The van der Waals surface area contributed by atoms with Gasteiger partial charge in [-0.05, 0) is 19.3 Å². The first kappa shape index (κ1) is 12.9. The lowest BCUT2D eigenvalue weighted by Gasteiger charge is -2.35. The molecule has 2 N–H and O–H groups in total. The maximum absolute atomic E-state index is 12.5. The van der Waals surface area contributed by atoms with Crippen LogP contribution in [0.4, 0.5) is 0 Å². The average Bonchev–Trinajstić information content (AvgIpc) is 2.99. The lowest BCUT2D eigenvalue weighted by atomic mass is 9.88. The predicted octanol–water partition coefficient (Wildman–Crippen LogP) is -0.171. The van der Waals surface area contributed by atoms with Crippen LogP contribution in [0.5, 0.6) is 0 Å². The molecular weight excluding hydrogens is 248 g/mol. The standard InChI is InChI=1S/C13H20N2O4/c16-12(17)6-9-7-15(3-4-19-9)13(18)10-5-8-1-2-11(10)14-8/h8-11,14H,1-7H2,(H,16,17).